The van der Waals surface area contributed by atoms with Crippen molar-refractivity contribution in [3.05, 3.63) is 29.3 Å². The number of hydrogen-bond donors (Lipinski definition) is 1. The predicted molar refractivity (Wildman–Crippen MR) is 56.2 cm³/mol. The first-order chi connectivity index (χ1) is 7.16. The Balaban J connectivity index is 1.82. The van der Waals surface area contributed by atoms with Crippen molar-refractivity contribution in [2.75, 3.05) is 6.61 Å². The quantitative estimate of drug-likeness (QED) is 0.858. The molecule has 2 rings (SSSR count). The van der Waals surface area contributed by atoms with Crippen LogP contribution in [0.25, 0.3) is 0 Å². The highest BCUT2D eigenvalue weighted by atomic mass is 35.5. The minimum absolute atomic E-state index is 0.154. The number of carbonyl (C=O) groups is 1. The summed E-state index contributed by atoms with van der Waals surface area (Å²) in [5.41, 5.74) is 0. The van der Waals surface area contributed by atoms with Crippen LogP contribution in [0.2, 0.25) is 5.02 Å². The molecule has 1 N–H and O–H groups in total. The second-order valence-corrected chi connectivity index (χ2v) is 4.15. The van der Waals surface area contributed by atoms with Gasteiger partial charge < -0.3 is 9.84 Å². The lowest BCUT2D eigenvalue weighted by Gasteiger charge is -2.04. The zero-order chi connectivity index (χ0) is 10.8. The summed E-state index contributed by atoms with van der Waals surface area (Å²) in [5.74, 6) is -0.0982. The first-order valence-electron chi connectivity index (χ1n) is 4.78. The summed E-state index contributed by atoms with van der Waals surface area (Å²) >= 11 is 5.78. The summed E-state index contributed by atoms with van der Waals surface area (Å²) in [4.78, 5) is 10.6. The van der Waals surface area contributed by atoms with Crippen LogP contribution in [-0.4, -0.2) is 17.7 Å². The molecule has 1 saturated carbocycles. The van der Waals surface area contributed by atoms with Crippen LogP contribution in [0.1, 0.15) is 6.42 Å². The zero-order valence-electron chi connectivity index (χ0n) is 8.02. The van der Waals surface area contributed by atoms with Gasteiger partial charge in [0.25, 0.3) is 0 Å². The molecule has 0 heterocycles. The van der Waals surface area contributed by atoms with E-state index in [9.17, 15) is 4.79 Å². The molecular weight excluding hydrogens is 216 g/mol. The molecule has 0 aromatic heterocycles. The number of ether oxygens (including phenoxy) is 1. The van der Waals surface area contributed by atoms with Gasteiger partial charge in [0.1, 0.15) is 5.75 Å². The van der Waals surface area contributed by atoms with E-state index in [2.05, 4.69) is 0 Å². The van der Waals surface area contributed by atoms with E-state index < -0.39 is 5.97 Å². The largest absolute Gasteiger partial charge is 0.493 e. The number of halogens is 1. The fraction of sp³-hybridized carbons (Fsp3) is 0.364. The molecule has 0 amide bonds. The van der Waals surface area contributed by atoms with E-state index in [1.807, 2.05) is 6.07 Å². The van der Waals surface area contributed by atoms with Gasteiger partial charge in [-0.1, -0.05) is 17.7 Å². The van der Waals surface area contributed by atoms with Gasteiger partial charge in [0.2, 0.25) is 0 Å². The van der Waals surface area contributed by atoms with Gasteiger partial charge in [0.05, 0.1) is 12.5 Å². The summed E-state index contributed by atoms with van der Waals surface area (Å²) in [6.07, 6.45) is 0.718. The third-order valence-electron chi connectivity index (χ3n) is 2.50. The van der Waals surface area contributed by atoms with E-state index in [0.717, 1.165) is 6.42 Å². The molecule has 0 spiro atoms. The van der Waals surface area contributed by atoms with Gasteiger partial charge in [-0.25, -0.2) is 0 Å². The van der Waals surface area contributed by atoms with Gasteiger partial charge in [0, 0.05) is 10.9 Å². The normalized spacial score (nSPS) is 23.5. The average molecular weight is 227 g/mol. The molecule has 1 aliphatic carbocycles. The Kier molecular flexibility index (Phi) is 2.82. The highest BCUT2D eigenvalue weighted by molar-refractivity contribution is 6.30. The molecule has 0 bridgehead atoms. The highest BCUT2D eigenvalue weighted by Gasteiger charge is 2.43. The number of aliphatic carboxylic acids is 1. The molecule has 0 aliphatic heterocycles. The number of benzene rings is 1. The lowest BCUT2D eigenvalue weighted by atomic mass is 10.3. The van der Waals surface area contributed by atoms with Crippen molar-refractivity contribution >= 4 is 17.6 Å². The molecule has 1 fully saturated rings. The summed E-state index contributed by atoms with van der Waals surface area (Å²) in [5, 5.41) is 9.31. The molecule has 4 heteroatoms. The number of rotatable bonds is 4. The Labute approximate surface area is 92.6 Å². The van der Waals surface area contributed by atoms with Crippen LogP contribution in [0, 0.1) is 11.8 Å². The van der Waals surface area contributed by atoms with E-state index in [4.69, 9.17) is 21.4 Å². The van der Waals surface area contributed by atoms with E-state index in [1.54, 1.807) is 18.2 Å². The number of carboxylic acid groups (broad SMARTS) is 1. The maximum atomic E-state index is 10.6. The first kappa shape index (κ1) is 10.3. The Bertz CT molecular complexity index is 378. The summed E-state index contributed by atoms with van der Waals surface area (Å²) < 4.78 is 5.44. The van der Waals surface area contributed by atoms with Gasteiger partial charge in [-0.05, 0) is 24.6 Å². The van der Waals surface area contributed by atoms with Crippen molar-refractivity contribution in [3.63, 3.8) is 0 Å². The Morgan fingerprint density at radius 2 is 2.40 bits per heavy atom. The molecule has 1 aromatic carbocycles. The zero-order valence-corrected chi connectivity index (χ0v) is 8.78. The Morgan fingerprint density at radius 1 is 1.60 bits per heavy atom. The van der Waals surface area contributed by atoms with E-state index >= 15 is 0 Å². The van der Waals surface area contributed by atoms with Gasteiger partial charge >= 0.3 is 5.97 Å². The van der Waals surface area contributed by atoms with Gasteiger partial charge in [-0.2, -0.15) is 0 Å². The average Bonchev–Trinajstić information content (AvgIpc) is 2.94. The number of hydrogen-bond acceptors (Lipinski definition) is 2. The SMILES string of the molecule is O=C(O)C1CC1COc1cccc(Cl)c1. The number of carboxylic acids is 1. The molecular formula is C11H11ClO3. The third-order valence-corrected chi connectivity index (χ3v) is 2.74. The molecule has 3 nitrogen and oxygen atoms in total. The van der Waals surface area contributed by atoms with E-state index in [-0.39, 0.29) is 11.8 Å². The van der Waals surface area contributed by atoms with Gasteiger partial charge in [-0.15, -0.1) is 0 Å². The molecule has 80 valence electrons. The van der Waals surface area contributed by atoms with Gasteiger partial charge in [-0.3, -0.25) is 4.79 Å². The van der Waals surface area contributed by atoms with Crippen molar-refractivity contribution in [1.29, 1.82) is 0 Å². The maximum absolute atomic E-state index is 10.6. The third kappa shape index (κ3) is 2.63. The molecule has 0 saturated heterocycles. The van der Waals surface area contributed by atoms with Crippen molar-refractivity contribution in [2.24, 2.45) is 11.8 Å². The Morgan fingerprint density at radius 3 is 3.00 bits per heavy atom. The second-order valence-electron chi connectivity index (χ2n) is 3.71. The van der Waals surface area contributed by atoms with Crippen LogP contribution < -0.4 is 4.74 Å². The topological polar surface area (TPSA) is 46.5 Å². The molecule has 2 unspecified atom stereocenters. The fourth-order valence-corrected chi connectivity index (χ4v) is 1.67. The van der Waals surface area contributed by atoms with Crippen molar-refractivity contribution in [2.45, 2.75) is 6.42 Å². The summed E-state index contributed by atoms with van der Waals surface area (Å²) in [6, 6.07) is 7.11. The molecule has 2 atom stereocenters. The standard InChI is InChI=1S/C11H11ClO3/c12-8-2-1-3-9(5-8)15-6-7-4-10(7)11(13)14/h1-3,5,7,10H,4,6H2,(H,13,14). The van der Waals surface area contributed by atoms with Crippen molar-refractivity contribution in [3.8, 4) is 5.75 Å². The van der Waals surface area contributed by atoms with Crippen molar-refractivity contribution < 1.29 is 14.6 Å². The smallest absolute Gasteiger partial charge is 0.306 e. The summed E-state index contributed by atoms with van der Waals surface area (Å²) in [6.45, 7) is 0.456. The second kappa shape index (κ2) is 4.11. The minimum atomic E-state index is -0.727. The summed E-state index contributed by atoms with van der Waals surface area (Å²) in [7, 11) is 0. The molecule has 0 radical (unpaired) electrons. The minimum Gasteiger partial charge on any atom is -0.493 e. The van der Waals surface area contributed by atoms with Gasteiger partial charge in [0.15, 0.2) is 0 Å². The van der Waals surface area contributed by atoms with E-state index in [0.29, 0.717) is 17.4 Å². The lowest BCUT2D eigenvalue weighted by molar-refractivity contribution is -0.138. The lowest BCUT2D eigenvalue weighted by Crippen LogP contribution is -2.06. The maximum Gasteiger partial charge on any atom is 0.306 e. The van der Waals surface area contributed by atoms with Crippen LogP contribution in [-0.2, 0) is 4.79 Å². The Hall–Kier alpha value is -1.22. The van der Waals surface area contributed by atoms with Crippen molar-refractivity contribution in [1.82, 2.24) is 0 Å². The predicted octanol–water partition coefficient (Wildman–Crippen LogP) is 2.44. The van der Waals surface area contributed by atoms with Crippen LogP contribution in [0.3, 0.4) is 0 Å². The van der Waals surface area contributed by atoms with E-state index in [1.165, 1.54) is 0 Å². The highest BCUT2D eigenvalue weighted by Crippen LogP contribution is 2.38. The van der Waals surface area contributed by atoms with Crippen LogP contribution in [0.4, 0.5) is 0 Å². The molecule has 15 heavy (non-hydrogen) atoms. The van der Waals surface area contributed by atoms with Crippen LogP contribution in [0.5, 0.6) is 5.75 Å². The first-order valence-corrected chi connectivity index (χ1v) is 5.16. The van der Waals surface area contributed by atoms with Crippen LogP contribution >= 0.6 is 11.6 Å². The monoisotopic (exact) mass is 226 g/mol. The van der Waals surface area contributed by atoms with Crippen LogP contribution in [0.15, 0.2) is 24.3 Å². The molecule has 1 aromatic rings. The fourth-order valence-electron chi connectivity index (χ4n) is 1.49. The molecule has 1 aliphatic rings.